The highest BCUT2D eigenvalue weighted by atomic mass is 16.5. The van der Waals surface area contributed by atoms with Crippen molar-refractivity contribution in [2.24, 2.45) is 5.92 Å². The molecule has 0 bridgehead atoms. The molecule has 3 nitrogen and oxygen atoms in total. The highest BCUT2D eigenvalue weighted by molar-refractivity contribution is 6.06. The lowest BCUT2D eigenvalue weighted by atomic mass is 9.65. The molecule has 4 aliphatic rings. The Bertz CT molecular complexity index is 4370. The lowest BCUT2D eigenvalue weighted by molar-refractivity contribution is 0.393. The maximum Gasteiger partial charge on any atom is 0.140 e. The topological polar surface area (TPSA) is 25.6 Å². The molecule has 11 aromatic carbocycles. The number of ether oxygens (including phenoxy) is 1. The Morgan fingerprint density at radius 1 is 0.413 bits per heavy atom. The number of nitrogens with zero attached hydrogens (tertiary/aromatic N) is 1. The van der Waals surface area contributed by atoms with Gasteiger partial charge in [-0.25, -0.2) is 0 Å². The van der Waals surface area contributed by atoms with Crippen molar-refractivity contribution in [3.63, 3.8) is 0 Å². The first-order valence-electron chi connectivity index (χ1n) is 26.3. The SMILES string of the molecule is CC1(C)c2ccccc2C2C=C(N(c3ccc(-c4ccc5c(c4)oc4ccccc45)cc3)c3cccc(-c4ccc5c(c4)C4(c6ccccc6-5)c5ccc6ccccc6c5Oc5c4ccc4ccccc54)c3)C=CC21. The van der Waals surface area contributed by atoms with E-state index in [9.17, 15) is 0 Å². The second-order valence-corrected chi connectivity index (χ2v) is 21.5. The van der Waals surface area contributed by atoms with Gasteiger partial charge in [0.15, 0.2) is 0 Å². The number of rotatable bonds is 5. The molecule has 0 saturated heterocycles. The number of fused-ring (bicyclic) bond motifs is 19. The molecule has 354 valence electrons. The normalized spacial score (nSPS) is 17.0. The zero-order valence-electron chi connectivity index (χ0n) is 41.6. The molecule has 0 amide bonds. The van der Waals surface area contributed by atoms with Crippen LogP contribution in [0, 0.1) is 5.92 Å². The summed E-state index contributed by atoms with van der Waals surface area (Å²) in [6.07, 6.45) is 7.37. The fourth-order valence-electron chi connectivity index (χ4n) is 13.9. The van der Waals surface area contributed by atoms with Crippen molar-refractivity contribution in [3.8, 4) is 44.9 Å². The Kier molecular flexibility index (Phi) is 8.84. The van der Waals surface area contributed by atoms with E-state index in [1.165, 1.54) is 44.5 Å². The molecular formula is C72H49NO2. The van der Waals surface area contributed by atoms with Gasteiger partial charge in [-0.2, -0.15) is 0 Å². The van der Waals surface area contributed by atoms with Gasteiger partial charge in [-0.1, -0.05) is 208 Å². The van der Waals surface area contributed by atoms with Crippen molar-refractivity contribution in [3.05, 3.63) is 288 Å². The molecule has 2 atom stereocenters. The third-order valence-corrected chi connectivity index (χ3v) is 17.4. The summed E-state index contributed by atoms with van der Waals surface area (Å²) in [7, 11) is 0. The van der Waals surface area contributed by atoms with E-state index >= 15 is 0 Å². The van der Waals surface area contributed by atoms with Crippen LogP contribution in [0.2, 0.25) is 0 Å². The molecular weight excluding hydrogens is 911 g/mol. The number of hydrogen-bond donors (Lipinski definition) is 0. The van der Waals surface area contributed by atoms with Crippen molar-refractivity contribution in [2.45, 2.75) is 30.6 Å². The van der Waals surface area contributed by atoms with E-state index in [4.69, 9.17) is 9.15 Å². The summed E-state index contributed by atoms with van der Waals surface area (Å²) in [6.45, 7) is 4.81. The number of anilines is 2. The second kappa shape index (κ2) is 15.7. The lowest BCUT2D eigenvalue weighted by Gasteiger charge is -2.40. The van der Waals surface area contributed by atoms with Crippen LogP contribution in [-0.2, 0) is 10.8 Å². The average Bonchev–Trinajstić information content (AvgIpc) is 4.16. The Hall–Kier alpha value is -9.18. The molecule has 0 radical (unpaired) electrons. The van der Waals surface area contributed by atoms with E-state index in [1.54, 1.807) is 0 Å². The second-order valence-electron chi connectivity index (χ2n) is 21.5. The van der Waals surface area contributed by atoms with Gasteiger partial charge in [-0.05, 0) is 132 Å². The molecule has 1 aliphatic heterocycles. The van der Waals surface area contributed by atoms with Crippen LogP contribution < -0.4 is 9.64 Å². The van der Waals surface area contributed by atoms with Crippen LogP contribution in [-0.4, -0.2) is 0 Å². The van der Waals surface area contributed by atoms with Crippen LogP contribution in [0.1, 0.15) is 53.1 Å². The molecule has 12 aromatic rings. The van der Waals surface area contributed by atoms with Crippen LogP contribution >= 0.6 is 0 Å². The predicted octanol–water partition coefficient (Wildman–Crippen LogP) is 19.0. The smallest absolute Gasteiger partial charge is 0.140 e. The zero-order chi connectivity index (χ0) is 49.6. The van der Waals surface area contributed by atoms with Crippen LogP contribution in [0.25, 0.3) is 76.9 Å². The van der Waals surface area contributed by atoms with Crippen molar-refractivity contribution >= 4 is 54.9 Å². The number of para-hydroxylation sites is 1. The van der Waals surface area contributed by atoms with E-state index in [2.05, 4.69) is 255 Å². The minimum absolute atomic E-state index is 0.0173. The molecule has 16 rings (SSSR count). The maximum absolute atomic E-state index is 7.27. The van der Waals surface area contributed by atoms with E-state index in [0.717, 1.165) is 94.3 Å². The van der Waals surface area contributed by atoms with Gasteiger partial charge >= 0.3 is 0 Å². The summed E-state index contributed by atoms with van der Waals surface area (Å²) in [4.78, 5) is 2.46. The van der Waals surface area contributed by atoms with Gasteiger partial charge in [0.2, 0.25) is 0 Å². The van der Waals surface area contributed by atoms with Gasteiger partial charge in [-0.15, -0.1) is 0 Å². The molecule has 2 unspecified atom stereocenters. The first-order chi connectivity index (χ1) is 36.9. The predicted molar refractivity (Wildman–Crippen MR) is 308 cm³/mol. The molecule has 3 aliphatic carbocycles. The average molecular weight is 960 g/mol. The minimum Gasteiger partial charge on any atom is -0.456 e. The maximum atomic E-state index is 7.27. The van der Waals surface area contributed by atoms with Gasteiger partial charge in [0.1, 0.15) is 22.7 Å². The Morgan fingerprint density at radius 2 is 1.03 bits per heavy atom. The standard InChI is InChI=1S/C72H49NO2/c1-71(2)61-23-10-7-21-56(61)60-43-52(34-39-62(60)71)73(50-32-26-44(27-33-50)49-29-36-59-58-22-9-12-25-67(58)74-68(59)42-49)51-17-13-16-47(40-51)48-28-35-57-55-20-8-11-24-63(55)72(66(57)41-48)64-37-30-45-14-3-5-18-53(45)69(64)75-70-54-19-6-4-15-46(54)31-38-65(70)72/h3-43,60,62H,1-2H3. The highest BCUT2D eigenvalue weighted by Crippen LogP contribution is 2.64. The quantitative estimate of drug-likeness (QED) is 0.172. The summed E-state index contributed by atoms with van der Waals surface area (Å²) in [5, 5.41) is 6.83. The van der Waals surface area contributed by atoms with E-state index in [1.807, 2.05) is 12.1 Å². The minimum atomic E-state index is -0.640. The third kappa shape index (κ3) is 5.98. The Labute approximate surface area is 435 Å². The van der Waals surface area contributed by atoms with Crippen LogP contribution in [0.15, 0.2) is 259 Å². The third-order valence-electron chi connectivity index (χ3n) is 17.4. The molecule has 1 aromatic heterocycles. The lowest BCUT2D eigenvalue weighted by Crippen LogP contribution is -2.32. The molecule has 0 saturated carbocycles. The molecule has 0 N–H and O–H groups in total. The van der Waals surface area contributed by atoms with Crippen LogP contribution in [0.3, 0.4) is 0 Å². The molecule has 3 heteroatoms. The van der Waals surface area contributed by atoms with Gasteiger partial charge in [0.05, 0.1) is 5.41 Å². The fourth-order valence-corrected chi connectivity index (χ4v) is 13.9. The first-order valence-corrected chi connectivity index (χ1v) is 26.3. The van der Waals surface area contributed by atoms with Crippen molar-refractivity contribution in [1.82, 2.24) is 0 Å². The van der Waals surface area contributed by atoms with Crippen molar-refractivity contribution < 1.29 is 9.15 Å². The van der Waals surface area contributed by atoms with E-state index in [-0.39, 0.29) is 11.3 Å². The molecule has 75 heavy (non-hydrogen) atoms. The molecule has 2 heterocycles. The van der Waals surface area contributed by atoms with Crippen molar-refractivity contribution in [2.75, 3.05) is 4.90 Å². The zero-order valence-corrected chi connectivity index (χ0v) is 41.6. The molecule has 0 fully saturated rings. The highest BCUT2D eigenvalue weighted by Gasteiger charge is 2.52. The van der Waals surface area contributed by atoms with Crippen LogP contribution in [0.5, 0.6) is 11.5 Å². The summed E-state index contributed by atoms with van der Waals surface area (Å²) >= 11 is 0. The monoisotopic (exact) mass is 959 g/mol. The van der Waals surface area contributed by atoms with Gasteiger partial charge in [0, 0.05) is 55.7 Å². The first kappa shape index (κ1) is 42.3. The number of furan rings is 1. The van der Waals surface area contributed by atoms with E-state index < -0.39 is 5.41 Å². The van der Waals surface area contributed by atoms with Crippen molar-refractivity contribution in [1.29, 1.82) is 0 Å². The number of benzene rings is 11. The van der Waals surface area contributed by atoms with E-state index in [0.29, 0.717) is 5.92 Å². The molecule has 1 spiro atoms. The van der Waals surface area contributed by atoms with Gasteiger partial charge in [0.25, 0.3) is 0 Å². The summed E-state index contributed by atoms with van der Waals surface area (Å²) < 4.78 is 13.6. The summed E-state index contributed by atoms with van der Waals surface area (Å²) in [5.74, 6) is 2.47. The summed E-state index contributed by atoms with van der Waals surface area (Å²) in [5.41, 5.74) is 19.4. The van der Waals surface area contributed by atoms with Gasteiger partial charge < -0.3 is 14.1 Å². The summed E-state index contributed by atoms with van der Waals surface area (Å²) in [6, 6.07) is 84.9. The number of hydrogen-bond acceptors (Lipinski definition) is 3. The Morgan fingerprint density at radius 3 is 1.81 bits per heavy atom. The van der Waals surface area contributed by atoms with Gasteiger partial charge in [-0.3, -0.25) is 0 Å². The fraction of sp³-hybridized carbons (Fsp3) is 0.0833. The van der Waals surface area contributed by atoms with Crippen LogP contribution in [0.4, 0.5) is 11.4 Å². The largest absolute Gasteiger partial charge is 0.456 e. The Balaban J connectivity index is 0.864. The number of allylic oxidation sites excluding steroid dienone is 3.